The van der Waals surface area contributed by atoms with Crippen molar-refractivity contribution in [2.24, 2.45) is 0 Å². The number of hydrogen-bond donors (Lipinski definition) is 1. The summed E-state index contributed by atoms with van der Waals surface area (Å²) >= 11 is 3.27. The molecule has 1 heterocycles. The Kier molecular flexibility index (Phi) is 4.47. The Hall–Kier alpha value is -1.49. The van der Waals surface area contributed by atoms with Gasteiger partial charge in [0.25, 0.3) is 0 Å². The molecule has 0 fully saturated rings. The lowest BCUT2D eigenvalue weighted by Gasteiger charge is -2.16. The van der Waals surface area contributed by atoms with Crippen LogP contribution in [0.4, 0.5) is 10.1 Å². The maximum absolute atomic E-state index is 13.2. The van der Waals surface area contributed by atoms with Crippen molar-refractivity contribution >= 4 is 21.6 Å². The number of nitrogens with one attached hydrogen (secondary N) is 1. The summed E-state index contributed by atoms with van der Waals surface area (Å²) in [6.45, 7) is 4.31. The zero-order valence-corrected chi connectivity index (χ0v) is 12.3. The first-order valence-corrected chi connectivity index (χ1v) is 6.83. The van der Waals surface area contributed by atoms with Crippen molar-refractivity contribution < 1.29 is 13.5 Å². The van der Waals surface area contributed by atoms with Gasteiger partial charge in [-0.3, -0.25) is 0 Å². The van der Waals surface area contributed by atoms with Crippen molar-refractivity contribution in [2.45, 2.75) is 19.9 Å². The molecule has 0 spiro atoms. The molecule has 0 saturated heterocycles. The largest absolute Gasteiger partial charge is 0.492 e. The van der Waals surface area contributed by atoms with Gasteiger partial charge in [-0.1, -0.05) is 0 Å². The van der Waals surface area contributed by atoms with Crippen LogP contribution in [0.3, 0.4) is 0 Å². The van der Waals surface area contributed by atoms with Crippen LogP contribution in [0.2, 0.25) is 0 Å². The van der Waals surface area contributed by atoms with Crippen molar-refractivity contribution in [2.75, 3.05) is 11.9 Å². The van der Waals surface area contributed by atoms with Crippen LogP contribution in [0.15, 0.2) is 39.4 Å². The molecule has 0 radical (unpaired) electrons. The highest BCUT2D eigenvalue weighted by Gasteiger charge is 2.13. The molecule has 1 unspecified atom stereocenters. The van der Waals surface area contributed by atoms with Crippen LogP contribution >= 0.6 is 15.9 Å². The number of hydrogen-bond acceptors (Lipinski definition) is 3. The van der Waals surface area contributed by atoms with E-state index in [0.29, 0.717) is 17.0 Å². The number of anilines is 1. The van der Waals surface area contributed by atoms with E-state index in [1.807, 2.05) is 26.0 Å². The van der Waals surface area contributed by atoms with Crippen LogP contribution < -0.4 is 10.1 Å². The Labute approximate surface area is 119 Å². The average molecular weight is 328 g/mol. The zero-order chi connectivity index (χ0) is 13.8. The van der Waals surface area contributed by atoms with E-state index in [1.54, 1.807) is 6.07 Å². The van der Waals surface area contributed by atoms with Gasteiger partial charge < -0.3 is 14.5 Å². The highest BCUT2D eigenvalue weighted by atomic mass is 79.9. The summed E-state index contributed by atoms with van der Waals surface area (Å²) in [5.41, 5.74) is 0.739. The molecule has 2 aromatic rings. The Balaban J connectivity index is 2.18. The Morgan fingerprint density at radius 3 is 2.79 bits per heavy atom. The van der Waals surface area contributed by atoms with Gasteiger partial charge in [0.15, 0.2) is 4.67 Å². The van der Waals surface area contributed by atoms with E-state index in [9.17, 15) is 4.39 Å². The minimum atomic E-state index is -0.317. The van der Waals surface area contributed by atoms with E-state index in [0.717, 1.165) is 11.4 Å². The number of halogens is 2. The van der Waals surface area contributed by atoms with Crippen molar-refractivity contribution in [3.63, 3.8) is 0 Å². The van der Waals surface area contributed by atoms with Gasteiger partial charge in [0.1, 0.15) is 17.3 Å². The van der Waals surface area contributed by atoms with Crippen LogP contribution in [0.1, 0.15) is 25.6 Å². The topological polar surface area (TPSA) is 34.4 Å². The summed E-state index contributed by atoms with van der Waals surface area (Å²) in [5, 5.41) is 3.25. The molecular weight excluding hydrogens is 313 g/mol. The first-order valence-electron chi connectivity index (χ1n) is 6.04. The quantitative estimate of drug-likeness (QED) is 0.860. The number of benzene rings is 1. The van der Waals surface area contributed by atoms with Crippen LogP contribution in [0, 0.1) is 5.82 Å². The van der Waals surface area contributed by atoms with Crippen LogP contribution in [0.25, 0.3) is 0 Å². The molecule has 0 aliphatic carbocycles. The molecule has 0 amide bonds. The van der Waals surface area contributed by atoms with Gasteiger partial charge in [-0.05, 0) is 54.0 Å². The average Bonchev–Trinajstić information content (AvgIpc) is 2.80. The van der Waals surface area contributed by atoms with Crippen LogP contribution in [-0.2, 0) is 0 Å². The monoisotopic (exact) mass is 327 g/mol. The fourth-order valence-electron chi connectivity index (χ4n) is 1.76. The molecule has 5 heteroatoms. The first-order chi connectivity index (χ1) is 9.10. The lowest BCUT2D eigenvalue weighted by molar-refractivity contribution is 0.339. The lowest BCUT2D eigenvalue weighted by atomic mass is 10.2. The fourth-order valence-corrected chi connectivity index (χ4v) is 2.07. The second kappa shape index (κ2) is 6.10. The normalized spacial score (nSPS) is 12.2. The van der Waals surface area contributed by atoms with Gasteiger partial charge >= 0.3 is 0 Å². The summed E-state index contributed by atoms with van der Waals surface area (Å²) in [7, 11) is 0. The Morgan fingerprint density at radius 2 is 2.16 bits per heavy atom. The molecular formula is C14H15BrFNO2. The highest BCUT2D eigenvalue weighted by Crippen LogP contribution is 2.30. The van der Waals surface area contributed by atoms with Crippen molar-refractivity contribution in [1.82, 2.24) is 0 Å². The molecule has 1 aromatic carbocycles. The third-order valence-corrected chi connectivity index (χ3v) is 3.06. The molecule has 102 valence electrons. The van der Waals surface area contributed by atoms with E-state index in [1.165, 1.54) is 12.1 Å². The summed E-state index contributed by atoms with van der Waals surface area (Å²) in [4.78, 5) is 0. The van der Waals surface area contributed by atoms with Crippen molar-refractivity contribution in [3.05, 3.63) is 46.6 Å². The van der Waals surface area contributed by atoms with E-state index >= 15 is 0 Å². The molecule has 2 rings (SSSR count). The molecule has 1 N–H and O–H groups in total. The molecule has 0 aliphatic rings. The lowest BCUT2D eigenvalue weighted by Crippen LogP contribution is -2.07. The van der Waals surface area contributed by atoms with Gasteiger partial charge in [-0.15, -0.1) is 0 Å². The predicted octanol–water partition coefficient (Wildman–Crippen LogP) is 4.75. The van der Waals surface area contributed by atoms with Crippen LogP contribution in [0.5, 0.6) is 5.75 Å². The minimum absolute atomic E-state index is 0.0454. The zero-order valence-electron chi connectivity index (χ0n) is 10.7. The summed E-state index contributed by atoms with van der Waals surface area (Å²) in [6, 6.07) is 8.10. The SMILES string of the molecule is CCOc1cc(F)ccc1NC(C)c1ccc(Br)o1. The molecule has 0 saturated carbocycles. The smallest absolute Gasteiger partial charge is 0.169 e. The summed E-state index contributed by atoms with van der Waals surface area (Å²) < 4.78 is 24.8. The molecule has 19 heavy (non-hydrogen) atoms. The molecule has 1 aromatic heterocycles. The van der Waals surface area contributed by atoms with E-state index < -0.39 is 0 Å². The third-order valence-electron chi connectivity index (χ3n) is 2.64. The van der Waals surface area contributed by atoms with Gasteiger partial charge in [0, 0.05) is 6.07 Å². The van der Waals surface area contributed by atoms with E-state index in [-0.39, 0.29) is 11.9 Å². The minimum Gasteiger partial charge on any atom is -0.492 e. The maximum atomic E-state index is 13.2. The highest BCUT2D eigenvalue weighted by molar-refractivity contribution is 9.10. The number of ether oxygens (including phenoxy) is 1. The number of rotatable bonds is 5. The molecule has 3 nitrogen and oxygen atoms in total. The third kappa shape index (κ3) is 3.50. The van der Waals surface area contributed by atoms with Crippen molar-refractivity contribution in [3.8, 4) is 5.75 Å². The Morgan fingerprint density at radius 1 is 1.37 bits per heavy atom. The van der Waals surface area contributed by atoms with Gasteiger partial charge in [0.05, 0.1) is 18.3 Å². The second-order valence-corrected chi connectivity index (χ2v) is 4.86. The second-order valence-electron chi connectivity index (χ2n) is 4.08. The van der Waals surface area contributed by atoms with Crippen LogP contribution in [-0.4, -0.2) is 6.61 Å². The summed E-state index contributed by atoms with van der Waals surface area (Å²) in [6.07, 6.45) is 0. The van der Waals surface area contributed by atoms with E-state index in [2.05, 4.69) is 21.2 Å². The standard InChI is InChI=1S/C14H15BrFNO2/c1-3-18-13-8-10(16)4-5-11(13)17-9(2)12-6-7-14(15)19-12/h4-9,17H,3H2,1-2H3. The summed E-state index contributed by atoms with van der Waals surface area (Å²) in [5.74, 6) is 0.973. The maximum Gasteiger partial charge on any atom is 0.169 e. The predicted molar refractivity (Wildman–Crippen MR) is 76.0 cm³/mol. The molecule has 1 atom stereocenters. The van der Waals surface area contributed by atoms with Crippen molar-refractivity contribution in [1.29, 1.82) is 0 Å². The van der Waals surface area contributed by atoms with E-state index in [4.69, 9.17) is 9.15 Å². The molecule has 0 aliphatic heterocycles. The van der Waals surface area contributed by atoms with Gasteiger partial charge in [-0.25, -0.2) is 4.39 Å². The number of furan rings is 1. The Bertz CT molecular complexity index is 556. The fraction of sp³-hybridized carbons (Fsp3) is 0.286. The first kappa shape index (κ1) is 13.9. The van der Waals surface area contributed by atoms with Gasteiger partial charge in [0.2, 0.25) is 0 Å². The molecule has 0 bridgehead atoms. The van der Waals surface area contributed by atoms with Gasteiger partial charge in [-0.2, -0.15) is 0 Å².